The van der Waals surface area contributed by atoms with Crippen LogP contribution in [0.5, 0.6) is 0 Å². The van der Waals surface area contributed by atoms with E-state index >= 15 is 0 Å². The van der Waals surface area contributed by atoms with Crippen molar-refractivity contribution in [3.63, 3.8) is 0 Å². The Morgan fingerprint density at radius 3 is 0.642 bits per heavy atom. The fraction of sp³-hybridized carbons (Fsp3) is 0.954. The molecule has 17 nitrogen and oxygen atoms in total. The number of carbonyl (C=O) groups is 4. The van der Waals surface area contributed by atoms with Crippen LogP contribution in [0.3, 0.4) is 0 Å². The number of phosphoric acid groups is 2. The minimum Gasteiger partial charge on any atom is -0.462 e. The van der Waals surface area contributed by atoms with Crippen molar-refractivity contribution in [3.8, 4) is 0 Å². The molecule has 0 saturated heterocycles. The van der Waals surface area contributed by atoms with Crippen molar-refractivity contribution in [2.24, 2.45) is 11.8 Å². The molecule has 0 aromatic rings. The molecule has 0 amide bonds. The van der Waals surface area contributed by atoms with Crippen molar-refractivity contribution in [2.75, 3.05) is 39.6 Å². The molecule has 630 valence electrons. The van der Waals surface area contributed by atoms with E-state index in [0.717, 1.165) is 108 Å². The Labute approximate surface area is 651 Å². The minimum atomic E-state index is -4.97. The summed E-state index contributed by atoms with van der Waals surface area (Å²) in [5.41, 5.74) is 0. The summed E-state index contributed by atoms with van der Waals surface area (Å²) in [5, 5.41) is 10.7. The van der Waals surface area contributed by atoms with Crippen LogP contribution in [0.4, 0.5) is 0 Å². The van der Waals surface area contributed by atoms with Crippen molar-refractivity contribution in [3.05, 3.63) is 0 Å². The molecule has 0 radical (unpaired) electrons. The van der Waals surface area contributed by atoms with Gasteiger partial charge in [-0.3, -0.25) is 37.3 Å². The van der Waals surface area contributed by atoms with Crippen LogP contribution in [-0.4, -0.2) is 96.7 Å². The maximum Gasteiger partial charge on any atom is 0.472 e. The highest BCUT2D eigenvalue weighted by Gasteiger charge is 2.30. The molecule has 0 aromatic heterocycles. The van der Waals surface area contributed by atoms with Crippen LogP contribution in [0.1, 0.15) is 465 Å². The largest absolute Gasteiger partial charge is 0.472 e. The van der Waals surface area contributed by atoms with Crippen LogP contribution in [0.25, 0.3) is 0 Å². The third-order valence-electron chi connectivity index (χ3n) is 20.5. The molecule has 106 heavy (non-hydrogen) atoms. The van der Waals surface area contributed by atoms with Gasteiger partial charge in [-0.2, -0.15) is 0 Å². The molecule has 0 fully saturated rings. The van der Waals surface area contributed by atoms with Crippen LogP contribution < -0.4 is 0 Å². The molecule has 0 aromatic carbocycles. The number of hydrogen-bond donors (Lipinski definition) is 3. The van der Waals surface area contributed by atoms with Gasteiger partial charge in [-0.1, -0.05) is 414 Å². The molecule has 5 atom stereocenters. The number of phosphoric ester groups is 2. The Kier molecular flexibility index (Phi) is 76.9. The van der Waals surface area contributed by atoms with Gasteiger partial charge in [-0.25, -0.2) is 9.13 Å². The van der Waals surface area contributed by atoms with Gasteiger partial charge < -0.3 is 33.8 Å². The molecular weight excluding hydrogens is 1380 g/mol. The predicted octanol–water partition coefficient (Wildman–Crippen LogP) is 26.6. The number of hydrogen-bond acceptors (Lipinski definition) is 15. The highest BCUT2D eigenvalue weighted by atomic mass is 31.2. The number of carbonyl (C=O) groups excluding carboxylic acids is 4. The Morgan fingerprint density at radius 1 is 0.255 bits per heavy atom. The van der Waals surface area contributed by atoms with Crippen molar-refractivity contribution >= 4 is 39.5 Å². The smallest absolute Gasteiger partial charge is 0.462 e. The summed E-state index contributed by atoms with van der Waals surface area (Å²) >= 11 is 0. The number of aliphatic hydroxyl groups excluding tert-OH is 1. The van der Waals surface area contributed by atoms with Crippen LogP contribution in [0.15, 0.2) is 0 Å². The summed E-state index contributed by atoms with van der Waals surface area (Å²) < 4.78 is 68.8. The predicted molar refractivity (Wildman–Crippen MR) is 437 cm³/mol. The van der Waals surface area contributed by atoms with E-state index in [1.807, 2.05) is 0 Å². The van der Waals surface area contributed by atoms with Crippen LogP contribution in [0, 0.1) is 11.8 Å². The number of unbranched alkanes of at least 4 members (excludes halogenated alkanes) is 56. The molecule has 19 heteroatoms. The van der Waals surface area contributed by atoms with Crippen molar-refractivity contribution in [1.29, 1.82) is 0 Å². The zero-order chi connectivity index (χ0) is 77.8. The lowest BCUT2D eigenvalue weighted by Gasteiger charge is -2.21. The van der Waals surface area contributed by atoms with E-state index in [2.05, 4.69) is 41.5 Å². The van der Waals surface area contributed by atoms with Gasteiger partial charge in [-0.15, -0.1) is 0 Å². The van der Waals surface area contributed by atoms with Gasteiger partial charge in [0.1, 0.15) is 19.3 Å². The van der Waals surface area contributed by atoms with E-state index in [-0.39, 0.29) is 25.7 Å². The summed E-state index contributed by atoms with van der Waals surface area (Å²) in [4.78, 5) is 73.1. The summed E-state index contributed by atoms with van der Waals surface area (Å²) in [6.45, 7) is 9.69. The highest BCUT2D eigenvalue weighted by molar-refractivity contribution is 7.47. The summed E-state index contributed by atoms with van der Waals surface area (Å²) in [5.74, 6) is -0.505. The quantitative estimate of drug-likeness (QED) is 0.0222. The second-order valence-corrected chi connectivity index (χ2v) is 35.1. The second kappa shape index (κ2) is 78.3. The number of aliphatic hydroxyl groups is 1. The molecule has 0 heterocycles. The molecule has 0 bridgehead atoms. The third kappa shape index (κ3) is 80.1. The Morgan fingerprint density at radius 2 is 0.434 bits per heavy atom. The fourth-order valence-corrected chi connectivity index (χ4v) is 15.2. The lowest BCUT2D eigenvalue weighted by Crippen LogP contribution is -2.30. The average molecular weight is 1550 g/mol. The molecule has 0 saturated carbocycles. The zero-order valence-corrected chi connectivity index (χ0v) is 71.5. The monoisotopic (exact) mass is 1550 g/mol. The van der Waals surface area contributed by atoms with Crippen molar-refractivity contribution in [2.45, 2.75) is 484 Å². The Balaban J connectivity index is 5.17. The lowest BCUT2D eigenvalue weighted by atomic mass is 10.0. The normalized spacial score (nSPS) is 13.8. The van der Waals surface area contributed by atoms with Gasteiger partial charge in [0, 0.05) is 25.7 Å². The van der Waals surface area contributed by atoms with E-state index < -0.39 is 97.5 Å². The molecule has 0 aliphatic rings. The molecular formula is C87H170O17P2. The Bertz CT molecular complexity index is 2030. The first-order valence-electron chi connectivity index (χ1n) is 45.0. The van der Waals surface area contributed by atoms with E-state index in [1.165, 1.54) is 276 Å². The van der Waals surface area contributed by atoms with E-state index in [4.69, 9.17) is 37.0 Å². The Hall–Kier alpha value is -1.94. The SMILES string of the molecule is CCCCCCCCCCCCCCCCCCCCCCCCC(=O)O[C@H](COC(=O)CCCCCCCCCCCCCCCCCCCCC(C)C)COP(=O)(O)OC[C@@H](O)COP(=O)(O)OC[C@@H](COC(=O)CCCCCCCCCC)OC(=O)CCCCCCCCCCCCCCC(C)C. The summed E-state index contributed by atoms with van der Waals surface area (Å²) in [7, 11) is -9.92. The van der Waals surface area contributed by atoms with Gasteiger partial charge in [0.05, 0.1) is 26.4 Å². The van der Waals surface area contributed by atoms with Crippen LogP contribution in [-0.2, 0) is 65.4 Å². The average Bonchev–Trinajstić information content (AvgIpc) is 0.901. The van der Waals surface area contributed by atoms with Gasteiger partial charge in [0.15, 0.2) is 12.2 Å². The highest BCUT2D eigenvalue weighted by Crippen LogP contribution is 2.45. The standard InChI is InChI=1S/C87H170O17P2/c1-7-9-11-13-15-17-18-19-20-21-22-23-24-25-30-33-36-42-47-53-59-65-71-86(91)104-83(76-98-85(90)70-64-58-52-46-41-35-32-29-27-26-28-31-34-39-44-49-55-61-67-79(3)4)78-102-106(95,96)100-74-81(88)73-99-105(93,94)101-77-82(75-97-84(89)69-63-57-51-16-14-12-10-8-2)103-87(92)72-66-60-54-48-43-38-37-40-45-50-56-62-68-80(5)6/h79-83,88H,7-78H2,1-6H3,(H,93,94)(H,95,96)/t81-,82+,83+/m0/s1. The third-order valence-corrected chi connectivity index (χ3v) is 22.4. The van der Waals surface area contributed by atoms with E-state index in [0.29, 0.717) is 25.7 Å². The van der Waals surface area contributed by atoms with Gasteiger partial charge >= 0.3 is 39.5 Å². The maximum absolute atomic E-state index is 13.2. The zero-order valence-electron chi connectivity index (χ0n) is 69.7. The second-order valence-electron chi connectivity index (χ2n) is 32.2. The van der Waals surface area contributed by atoms with Gasteiger partial charge in [0.2, 0.25) is 0 Å². The topological polar surface area (TPSA) is 237 Å². The van der Waals surface area contributed by atoms with Crippen LogP contribution >= 0.6 is 15.6 Å². The number of esters is 4. The van der Waals surface area contributed by atoms with E-state index in [1.54, 1.807) is 0 Å². The molecule has 0 aliphatic heterocycles. The molecule has 2 unspecified atom stereocenters. The minimum absolute atomic E-state index is 0.107. The first-order valence-corrected chi connectivity index (χ1v) is 48.0. The molecule has 0 rings (SSSR count). The lowest BCUT2D eigenvalue weighted by molar-refractivity contribution is -0.161. The fourth-order valence-electron chi connectivity index (χ4n) is 13.6. The van der Waals surface area contributed by atoms with E-state index in [9.17, 15) is 43.2 Å². The van der Waals surface area contributed by atoms with Gasteiger partial charge in [-0.05, 0) is 37.5 Å². The molecule has 0 aliphatic carbocycles. The summed E-state index contributed by atoms with van der Waals surface area (Å²) in [6, 6.07) is 0. The van der Waals surface area contributed by atoms with Crippen molar-refractivity contribution < 1.29 is 80.2 Å². The first-order chi connectivity index (χ1) is 51.4. The van der Waals surface area contributed by atoms with Crippen LogP contribution in [0.2, 0.25) is 0 Å². The molecule has 0 spiro atoms. The van der Waals surface area contributed by atoms with Gasteiger partial charge in [0.25, 0.3) is 0 Å². The number of rotatable bonds is 86. The number of ether oxygens (including phenoxy) is 4. The summed E-state index contributed by atoms with van der Waals surface area (Å²) in [6.07, 6.45) is 71.1. The van der Waals surface area contributed by atoms with Crippen molar-refractivity contribution in [1.82, 2.24) is 0 Å². The first kappa shape index (κ1) is 104. The maximum atomic E-state index is 13.2. The molecule has 3 N–H and O–H groups in total.